The van der Waals surface area contributed by atoms with Crippen LogP contribution in [0, 0.1) is 0 Å². The highest BCUT2D eigenvalue weighted by atomic mass is 16.6. The lowest BCUT2D eigenvalue weighted by Gasteiger charge is -2.37. The Morgan fingerprint density at radius 1 is 1.31 bits per heavy atom. The summed E-state index contributed by atoms with van der Waals surface area (Å²) in [5, 5.41) is 3.91. The molecule has 1 atom stereocenters. The van der Waals surface area contributed by atoms with Crippen LogP contribution in [0.15, 0.2) is 10.6 Å². The quantitative estimate of drug-likeness (QED) is 0.775. The van der Waals surface area contributed by atoms with Crippen molar-refractivity contribution < 1.29 is 18.8 Å². The predicted molar refractivity (Wildman–Crippen MR) is 95.9 cm³/mol. The molecule has 0 unspecified atom stereocenters. The second-order valence-corrected chi connectivity index (χ2v) is 7.54. The van der Waals surface area contributed by atoms with Gasteiger partial charge in [-0.05, 0) is 19.8 Å². The third-order valence-electron chi connectivity index (χ3n) is 5.47. The van der Waals surface area contributed by atoms with E-state index in [2.05, 4.69) is 25.9 Å². The summed E-state index contributed by atoms with van der Waals surface area (Å²) >= 11 is 0. The van der Waals surface area contributed by atoms with Gasteiger partial charge in [-0.15, -0.1) is 0 Å². The summed E-state index contributed by atoms with van der Waals surface area (Å²) in [4.78, 5) is 28.5. The van der Waals surface area contributed by atoms with Crippen LogP contribution < -0.4 is 0 Å². The van der Waals surface area contributed by atoms with Gasteiger partial charge >= 0.3 is 6.09 Å². The van der Waals surface area contributed by atoms with Gasteiger partial charge in [0.1, 0.15) is 11.4 Å². The Kier molecular flexibility index (Phi) is 5.53. The van der Waals surface area contributed by atoms with E-state index in [0.717, 1.165) is 31.4 Å². The van der Waals surface area contributed by atoms with E-state index in [4.69, 9.17) is 9.26 Å². The lowest BCUT2D eigenvalue weighted by Crippen LogP contribution is -2.49. The number of ether oxygens (including phenoxy) is 1. The van der Waals surface area contributed by atoms with Gasteiger partial charge in [0.2, 0.25) is 0 Å². The Morgan fingerprint density at radius 3 is 2.69 bits per heavy atom. The van der Waals surface area contributed by atoms with Gasteiger partial charge in [0.25, 0.3) is 5.91 Å². The van der Waals surface area contributed by atoms with E-state index in [1.165, 1.54) is 0 Å². The van der Waals surface area contributed by atoms with Crippen molar-refractivity contribution in [3.05, 3.63) is 17.5 Å². The number of nitrogens with zero attached hydrogens (tertiary/aromatic N) is 3. The summed E-state index contributed by atoms with van der Waals surface area (Å²) in [6.45, 7) is 8.01. The van der Waals surface area contributed by atoms with E-state index in [-0.39, 0.29) is 18.0 Å². The molecule has 2 fully saturated rings. The van der Waals surface area contributed by atoms with Gasteiger partial charge < -0.3 is 19.1 Å². The zero-order valence-electron chi connectivity index (χ0n) is 16.0. The van der Waals surface area contributed by atoms with Crippen LogP contribution in [0.2, 0.25) is 0 Å². The number of amides is 2. The molecule has 0 aromatic carbocycles. The van der Waals surface area contributed by atoms with Crippen LogP contribution in [0.25, 0.3) is 0 Å². The minimum atomic E-state index is -0.451. The first-order valence-electron chi connectivity index (χ1n) is 9.72. The average Bonchev–Trinajstić information content (AvgIpc) is 3.21. The van der Waals surface area contributed by atoms with Gasteiger partial charge in [0, 0.05) is 44.5 Å². The fourth-order valence-electron chi connectivity index (χ4n) is 3.88. The van der Waals surface area contributed by atoms with E-state index in [0.29, 0.717) is 38.2 Å². The number of aromatic nitrogens is 1. The third kappa shape index (κ3) is 3.71. The minimum Gasteiger partial charge on any atom is -0.441 e. The molecule has 1 aromatic rings. The van der Waals surface area contributed by atoms with E-state index >= 15 is 0 Å². The van der Waals surface area contributed by atoms with Crippen molar-refractivity contribution in [3.63, 3.8) is 0 Å². The fraction of sp³-hybridized carbons (Fsp3) is 0.737. The second-order valence-electron chi connectivity index (χ2n) is 7.54. The highest BCUT2D eigenvalue weighted by Crippen LogP contribution is 2.35. The molecule has 7 nitrogen and oxygen atoms in total. The van der Waals surface area contributed by atoms with Crippen molar-refractivity contribution in [3.8, 4) is 0 Å². The Morgan fingerprint density at radius 2 is 2.04 bits per heavy atom. The second kappa shape index (κ2) is 7.68. The summed E-state index contributed by atoms with van der Waals surface area (Å²) < 4.78 is 11.0. The van der Waals surface area contributed by atoms with Crippen LogP contribution >= 0.6 is 0 Å². The maximum atomic E-state index is 12.6. The average molecular weight is 363 g/mol. The first kappa shape index (κ1) is 18.7. The van der Waals surface area contributed by atoms with E-state index in [1.54, 1.807) is 11.0 Å². The van der Waals surface area contributed by atoms with Crippen molar-refractivity contribution in [2.45, 2.75) is 70.9 Å². The van der Waals surface area contributed by atoms with Crippen LogP contribution in [0.4, 0.5) is 4.79 Å². The summed E-state index contributed by atoms with van der Waals surface area (Å²) in [7, 11) is 0. The maximum Gasteiger partial charge on any atom is 0.410 e. The molecule has 1 aromatic heterocycles. The van der Waals surface area contributed by atoms with E-state index < -0.39 is 5.60 Å². The van der Waals surface area contributed by atoms with Crippen LogP contribution in [-0.2, 0) is 11.2 Å². The molecule has 2 amide bonds. The topological polar surface area (TPSA) is 75.9 Å². The SMILES string of the molecule is CCCc1cc(C(=O)N2CCC3(CC2)CN([C@H](C)CCC)C(=O)O3)no1. The summed E-state index contributed by atoms with van der Waals surface area (Å²) in [5.74, 6) is 0.640. The van der Waals surface area contributed by atoms with Gasteiger partial charge in [-0.25, -0.2) is 4.79 Å². The predicted octanol–water partition coefficient (Wildman–Crippen LogP) is 3.24. The third-order valence-corrected chi connectivity index (χ3v) is 5.47. The fourth-order valence-corrected chi connectivity index (χ4v) is 3.88. The lowest BCUT2D eigenvalue weighted by molar-refractivity contribution is 0.00280. The molecule has 7 heteroatoms. The molecule has 26 heavy (non-hydrogen) atoms. The zero-order valence-corrected chi connectivity index (χ0v) is 16.0. The van der Waals surface area contributed by atoms with Crippen LogP contribution in [0.5, 0.6) is 0 Å². The largest absolute Gasteiger partial charge is 0.441 e. The molecule has 2 saturated heterocycles. The van der Waals surface area contributed by atoms with Crippen molar-refractivity contribution in [1.29, 1.82) is 0 Å². The lowest BCUT2D eigenvalue weighted by atomic mass is 9.90. The Bertz CT molecular complexity index is 649. The van der Waals surface area contributed by atoms with E-state index in [1.807, 2.05) is 4.90 Å². The van der Waals surface area contributed by atoms with Crippen LogP contribution in [0.1, 0.15) is 69.1 Å². The number of likely N-dealkylation sites (tertiary alicyclic amines) is 1. The monoisotopic (exact) mass is 363 g/mol. The Hall–Kier alpha value is -2.05. The molecule has 3 rings (SSSR count). The molecule has 0 saturated carbocycles. The van der Waals surface area contributed by atoms with Crippen molar-refractivity contribution in [1.82, 2.24) is 15.0 Å². The Balaban J connectivity index is 1.58. The minimum absolute atomic E-state index is 0.105. The first-order valence-corrected chi connectivity index (χ1v) is 9.72. The van der Waals surface area contributed by atoms with Crippen molar-refractivity contribution >= 4 is 12.0 Å². The zero-order chi connectivity index (χ0) is 18.7. The van der Waals surface area contributed by atoms with Gasteiger partial charge in [0.05, 0.1) is 6.54 Å². The summed E-state index contributed by atoms with van der Waals surface area (Å²) in [5.41, 5.74) is -0.0847. The number of piperidine rings is 1. The van der Waals surface area contributed by atoms with Crippen molar-refractivity contribution in [2.24, 2.45) is 0 Å². The normalized spacial score (nSPS) is 20.5. The van der Waals surface area contributed by atoms with E-state index in [9.17, 15) is 9.59 Å². The highest BCUT2D eigenvalue weighted by Gasteiger charge is 2.48. The first-order chi connectivity index (χ1) is 12.5. The van der Waals surface area contributed by atoms with Crippen molar-refractivity contribution in [2.75, 3.05) is 19.6 Å². The van der Waals surface area contributed by atoms with Crippen LogP contribution in [0.3, 0.4) is 0 Å². The highest BCUT2D eigenvalue weighted by molar-refractivity contribution is 5.92. The smallest absolute Gasteiger partial charge is 0.410 e. The number of carbonyl (C=O) groups is 2. The van der Waals surface area contributed by atoms with Crippen LogP contribution in [-0.4, -0.2) is 58.2 Å². The molecular formula is C19H29N3O4. The van der Waals surface area contributed by atoms with Gasteiger partial charge in [-0.3, -0.25) is 4.79 Å². The molecule has 0 N–H and O–H groups in total. The molecule has 1 spiro atoms. The number of hydrogen-bond donors (Lipinski definition) is 0. The molecule has 3 heterocycles. The Labute approximate surface area is 154 Å². The number of aryl methyl sites for hydroxylation is 1. The summed E-state index contributed by atoms with van der Waals surface area (Å²) in [6.07, 6.45) is 4.86. The number of rotatable bonds is 6. The molecule has 0 aliphatic carbocycles. The maximum absolute atomic E-state index is 12.6. The molecule has 0 bridgehead atoms. The van der Waals surface area contributed by atoms with Gasteiger partial charge in [-0.1, -0.05) is 25.4 Å². The van der Waals surface area contributed by atoms with Gasteiger partial charge in [-0.2, -0.15) is 0 Å². The molecule has 2 aliphatic rings. The molecule has 144 valence electrons. The molecule has 0 radical (unpaired) electrons. The standard InChI is InChI=1S/C19H29N3O4/c1-4-6-14(3)22-13-19(25-18(22)24)8-10-21(11-9-19)17(23)16-12-15(7-5-2)26-20-16/h12,14H,4-11,13H2,1-3H3/t14-/m1/s1. The number of carbonyl (C=O) groups excluding carboxylic acids is 2. The molecular weight excluding hydrogens is 334 g/mol. The summed E-state index contributed by atoms with van der Waals surface area (Å²) in [6, 6.07) is 1.93. The van der Waals surface area contributed by atoms with Gasteiger partial charge in [0.15, 0.2) is 5.69 Å². The molecule has 2 aliphatic heterocycles. The number of hydrogen-bond acceptors (Lipinski definition) is 5.